The first kappa shape index (κ1) is 10.6. The summed E-state index contributed by atoms with van der Waals surface area (Å²) in [5.74, 6) is 0. The number of nitrogens with zero attached hydrogens (tertiary/aromatic N) is 2. The maximum absolute atomic E-state index is 4.50. The average molecular weight is 199 g/mol. The first-order valence-electron chi connectivity index (χ1n) is 4.45. The van der Waals surface area contributed by atoms with Crippen molar-refractivity contribution in [2.75, 3.05) is 27.7 Å². The van der Waals surface area contributed by atoms with Gasteiger partial charge in [0, 0.05) is 24.9 Å². The highest BCUT2D eigenvalue weighted by molar-refractivity contribution is 7.09. The molecule has 74 valence electrons. The molecule has 1 aromatic heterocycles. The van der Waals surface area contributed by atoms with Crippen molar-refractivity contribution in [1.82, 2.24) is 15.2 Å². The molecule has 0 atom stereocenters. The summed E-state index contributed by atoms with van der Waals surface area (Å²) in [6.07, 6.45) is 1.06. The highest BCUT2D eigenvalue weighted by Crippen LogP contribution is 2.10. The van der Waals surface area contributed by atoms with E-state index >= 15 is 0 Å². The summed E-state index contributed by atoms with van der Waals surface area (Å²) >= 11 is 1.75. The third kappa shape index (κ3) is 3.85. The number of thiazole rings is 1. The summed E-state index contributed by atoms with van der Waals surface area (Å²) in [5.41, 5.74) is 1.15. The van der Waals surface area contributed by atoms with Gasteiger partial charge in [0.15, 0.2) is 0 Å². The van der Waals surface area contributed by atoms with Crippen LogP contribution in [0.5, 0.6) is 0 Å². The van der Waals surface area contributed by atoms with Gasteiger partial charge in [-0.3, -0.25) is 0 Å². The smallest absolute Gasteiger partial charge is 0.0941 e. The summed E-state index contributed by atoms with van der Waals surface area (Å²) < 4.78 is 0. The molecule has 0 fully saturated rings. The molecule has 0 spiro atoms. The van der Waals surface area contributed by atoms with E-state index in [-0.39, 0.29) is 0 Å². The van der Waals surface area contributed by atoms with E-state index in [0.717, 1.165) is 25.2 Å². The van der Waals surface area contributed by atoms with Crippen LogP contribution in [0.2, 0.25) is 0 Å². The molecule has 0 aromatic carbocycles. The first-order chi connectivity index (χ1) is 6.22. The molecule has 0 aliphatic heterocycles. The summed E-state index contributed by atoms with van der Waals surface area (Å²) in [4.78, 5) is 6.68. The second kappa shape index (κ2) is 5.32. The van der Waals surface area contributed by atoms with Gasteiger partial charge in [0.25, 0.3) is 0 Å². The molecule has 0 saturated carbocycles. The fourth-order valence-electron chi connectivity index (χ4n) is 1.05. The van der Waals surface area contributed by atoms with Gasteiger partial charge in [-0.05, 0) is 21.1 Å². The Kier molecular flexibility index (Phi) is 4.35. The Morgan fingerprint density at radius 3 is 2.92 bits per heavy atom. The molecule has 13 heavy (non-hydrogen) atoms. The summed E-state index contributed by atoms with van der Waals surface area (Å²) in [7, 11) is 6.11. The number of hydrogen-bond acceptors (Lipinski definition) is 4. The predicted octanol–water partition coefficient (Wildman–Crippen LogP) is 0.967. The van der Waals surface area contributed by atoms with E-state index in [1.807, 2.05) is 7.05 Å². The normalized spacial score (nSPS) is 11.1. The van der Waals surface area contributed by atoms with Gasteiger partial charge in [-0.15, -0.1) is 11.3 Å². The lowest BCUT2D eigenvalue weighted by atomic mass is 10.4. The molecule has 4 heteroatoms. The lowest BCUT2D eigenvalue weighted by Crippen LogP contribution is -2.15. The zero-order chi connectivity index (χ0) is 9.68. The second-order valence-electron chi connectivity index (χ2n) is 3.32. The molecule has 1 N–H and O–H groups in total. The van der Waals surface area contributed by atoms with Crippen molar-refractivity contribution >= 4 is 11.3 Å². The fourth-order valence-corrected chi connectivity index (χ4v) is 1.83. The molecule has 0 bridgehead atoms. The van der Waals surface area contributed by atoms with Crippen LogP contribution in [-0.2, 0) is 13.0 Å². The van der Waals surface area contributed by atoms with E-state index in [1.54, 1.807) is 11.3 Å². The van der Waals surface area contributed by atoms with Gasteiger partial charge in [0.1, 0.15) is 0 Å². The van der Waals surface area contributed by atoms with Crippen molar-refractivity contribution in [3.8, 4) is 0 Å². The molecule has 0 saturated heterocycles. The Labute approximate surface area is 83.8 Å². The van der Waals surface area contributed by atoms with Crippen molar-refractivity contribution in [2.45, 2.75) is 13.0 Å². The van der Waals surface area contributed by atoms with E-state index in [9.17, 15) is 0 Å². The van der Waals surface area contributed by atoms with Crippen LogP contribution in [0.3, 0.4) is 0 Å². The summed E-state index contributed by atoms with van der Waals surface area (Å²) in [6, 6.07) is 0. The van der Waals surface area contributed by atoms with Gasteiger partial charge in [-0.25, -0.2) is 4.98 Å². The second-order valence-corrected chi connectivity index (χ2v) is 4.26. The molecule has 1 rings (SSSR count). The van der Waals surface area contributed by atoms with Crippen molar-refractivity contribution in [2.24, 2.45) is 0 Å². The SMILES string of the molecule is CNCc1csc(CCN(C)C)n1. The Hall–Kier alpha value is -0.450. The molecular weight excluding hydrogens is 182 g/mol. The van der Waals surface area contributed by atoms with Gasteiger partial charge in [-0.1, -0.05) is 0 Å². The van der Waals surface area contributed by atoms with E-state index in [4.69, 9.17) is 0 Å². The van der Waals surface area contributed by atoms with Crippen LogP contribution in [-0.4, -0.2) is 37.6 Å². The van der Waals surface area contributed by atoms with Crippen molar-refractivity contribution in [1.29, 1.82) is 0 Å². The topological polar surface area (TPSA) is 28.2 Å². The zero-order valence-corrected chi connectivity index (χ0v) is 9.32. The number of rotatable bonds is 5. The average Bonchev–Trinajstić information content (AvgIpc) is 2.50. The van der Waals surface area contributed by atoms with Crippen molar-refractivity contribution < 1.29 is 0 Å². The summed E-state index contributed by atoms with van der Waals surface area (Å²) in [5, 5.41) is 6.46. The summed E-state index contributed by atoms with van der Waals surface area (Å²) in [6.45, 7) is 1.95. The van der Waals surface area contributed by atoms with Gasteiger partial charge < -0.3 is 10.2 Å². The molecule has 0 amide bonds. The van der Waals surface area contributed by atoms with Gasteiger partial charge in [-0.2, -0.15) is 0 Å². The predicted molar refractivity (Wildman–Crippen MR) is 57.1 cm³/mol. The molecule has 0 aliphatic carbocycles. The van der Waals surface area contributed by atoms with Crippen LogP contribution in [0, 0.1) is 0 Å². The van der Waals surface area contributed by atoms with E-state index in [2.05, 4.69) is 34.7 Å². The fraction of sp³-hybridized carbons (Fsp3) is 0.667. The molecule has 0 unspecified atom stereocenters. The van der Waals surface area contributed by atoms with E-state index in [1.165, 1.54) is 5.01 Å². The quantitative estimate of drug-likeness (QED) is 0.766. The Morgan fingerprint density at radius 1 is 1.54 bits per heavy atom. The van der Waals surface area contributed by atoms with Crippen LogP contribution in [0.4, 0.5) is 0 Å². The van der Waals surface area contributed by atoms with Crippen LogP contribution in [0.15, 0.2) is 5.38 Å². The molecule has 1 heterocycles. The van der Waals surface area contributed by atoms with Crippen LogP contribution < -0.4 is 5.32 Å². The third-order valence-corrected chi connectivity index (χ3v) is 2.69. The lowest BCUT2D eigenvalue weighted by molar-refractivity contribution is 0.413. The number of nitrogens with one attached hydrogen (secondary N) is 1. The highest BCUT2D eigenvalue weighted by Gasteiger charge is 2.01. The van der Waals surface area contributed by atoms with Gasteiger partial charge in [0.2, 0.25) is 0 Å². The van der Waals surface area contributed by atoms with Gasteiger partial charge in [0.05, 0.1) is 10.7 Å². The Bertz CT molecular complexity index is 245. The van der Waals surface area contributed by atoms with Crippen molar-refractivity contribution in [3.63, 3.8) is 0 Å². The van der Waals surface area contributed by atoms with Crippen LogP contribution >= 0.6 is 11.3 Å². The third-order valence-electron chi connectivity index (χ3n) is 1.73. The van der Waals surface area contributed by atoms with Crippen LogP contribution in [0.25, 0.3) is 0 Å². The largest absolute Gasteiger partial charge is 0.314 e. The van der Waals surface area contributed by atoms with E-state index < -0.39 is 0 Å². The van der Waals surface area contributed by atoms with Gasteiger partial charge >= 0.3 is 0 Å². The standard InChI is InChI=1S/C9H17N3S/c1-10-6-8-7-13-9(11-8)4-5-12(2)3/h7,10H,4-6H2,1-3H3. The van der Waals surface area contributed by atoms with E-state index in [0.29, 0.717) is 0 Å². The monoisotopic (exact) mass is 199 g/mol. The molecule has 0 radical (unpaired) electrons. The minimum atomic E-state index is 0.873. The first-order valence-corrected chi connectivity index (χ1v) is 5.33. The Morgan fingerprint density at radius 2 is 2.31 bits per heavy atom. The molecular formula is C9H17N3S. The molecule has 0 aliphatic rings. The Balaban J connectivity index is 2.39. The highest BCUT2D eigenvalue weighted by atomic mass is 32.1. The minimum Gasteiger partial charge on any atom is -0.314 e. The number of likely N-dealkylation sites (N-methyl/N-ethyl adjacent to an activating group) is 1. The number of aromatic nitrogens is 1. The van der Waals surface area contributed by atoms with Crippen LogP contribution in [0.1, 0.15) is 10.7 Å². The number of hydrogen-bond donors (Lipinski definition) is 1. The zero-order valence-electron chi connectivity index (χ0n) is 8.50. The maximum atomic E-state index is 4.50. The molecule has 3 nitrogen and oxygen atoms in total. The minimum absolute atomic E-state index is 0.873. The maximum Gasteiger partial charge on any atom is 0.0941 e. The van der Waals surface area contributed by atoms with Crippen molar-refractivity contribution in [3.05, 3.63) is 16.1 Å². The lowest BCUT2D eigenvalue weighted by Gasteiger charge is -2.06. The molecule has 1 aromatic rings.